The van der Waals surface area contributed by atoms with Gasteiger partial charge in [0.2, 0.25) is 0 Å². The van der Waals surface area contributed by atoms with Gasteiger partial charge in [-0.1, -0.05) is 6.07 Å². The standard InChI is InChI=1S/C11H10F2N2O/c1-7-2-3-9(12)11(10(7)13)15-5-4-8(6-16)14-15/h2-5,16H,6H2,1H3. The number of aromatic nitrogens is 2. The van der Waals surface area contributed by atoms with Gasteiger partial charge in [0.25, 0.3) is 0 Å². The highest BCUT2D eigenvalue weighted by Gasteiger charge is 2.14. The smallest absolute Gasteiger partial charge is 0.154 e. The summed E-state index contributed by atoms with van der Waals surface area (Å²) in [7, 11) is 0. The van der Waals surface area contributed by atoms with Crippen LogP contribution in [0.1, 0.15) is 11.3 Å². The van der Waals surface area contributed by atoms with E-state index >= 15 is 0 Å². The van der Waals surface area contributed by atoms with Crippen molar-refractivity contribution in [1.29, 1.82) is 0 Å². The van der Waals surface area contributed by atoms with E-state index in [0.717, 1.165) is 4.68 Å². The van der Waals surface area contributed by atoms with Crippen molar-refractivity contribution < 1.29 is 13.9 Å². The van der Waals surface area contributed by atoms with Crippen LogP contribution < -0.4 is 0 Å². The van der Waals surface area contributed by atoms with Crippen molar-refractivity contribution in [2.45, 2.75) is 13.5 Å². The first-order chi connectivity index (χ1) is 7.63. The molecule has 0 aliphatic rings. The first kappa shape index (κ1) is 10.8. The van der Waals surface area contributed by atoms with Crippen LogP contribution in [-0.4, -0.2) is 14.9 Å². The second-order valence-corrected chi connectivity index (χ2v) is 3.44. The molecule has 2 rings (SSSR count). The molecule has 3 nitrogen and oxygen atoms in total. The third-order valence-electron chi connectivity index (χ3n) is 2.30. The molecule has 0 aliphatic heterocycles. The van der Waals surface area contributed by atoms with E-state index in [0.29, 0.717) is 11.3 Å². The maximum atomic E-state index is 13.7. The molecule has 84 valence electrons. The van der Waals surface area contributed by atoms with E-state index in [1.54, 1.807) is 6.92 Å². The summed E-state index contributed by atoms with van der Waals surface area (Å²) in [5.41, 5.74) is 0.484. The van der Waals surface area contributed by atoms with Crippen LogP contribution >= 0.6 is 0 Å². The molecule has 0 saturated heterocycles. The van der Waals surface area contributed by atoms with Crippen molar-refractivity contribution in [3.8, 4) is 5.69 Å². The Hall–Kier alpha value is -1.75. The fraction of sp³-hybridized carbons (Fsp3) is 0.182. The number of nitrogens with zero attached hydrogens (tertiary/aromatic N) is 2. The number of rotatable bonds is 2. The molecule has 0 radical (unpaired) electrons. The molecule has 0 unspecified atom stereocenters. The molecular weight excluding hydrogens is 214 g/mol. The van der Waals surface area contributed by atoms with Crippen LogP contribution in [0.5, 0.6) is 0 Å². The number of halogens is 2. The molecule has 16 heavy (non-hydrogen) atoms. The first-order valence-corrected chi connectivity index (χ1v) is 4.74. The van der Waals surface area contributed by atoms with Gasteiger partial charge in [0, 0.05) is 6.20 Å². The van der Waals surface area contributed by atoms with Gasteiger partial charge in [-0.05, 0) is 24.6 Å². The van der Waals surface area contributed by atoms with Crippen molar-refractivity contribution in [2.24, 2.45) is 0 Å². The molecule has 0 spiro atoms. The second kappa shape index (κ2) is 4.02. The summed E-state index contributed by atoms with van der Waals surface area (Å²) >= 11 is 0. The summed E-state index contributed by atoms with van der Waals surface area (Å²) < 4.78 is 28.3. The average Bonchev–Trinajstić information content (AvgIpc) is 2.73. The van der Waals surface area contributed by atoms with Crippen LogP contribution in [0, 0.1) is 18.6 Å². The lowest BCUT2D eigenvalue weighted by molar-refractivity contribution is 0.276. The quantitative estimate of drug-likeness (QED) is 0.846. The number of aliphatic hydroxyl groups is 1. The average molecular weight is 224 g/mol. The van der Waals surface area contributed by atoms with E-state index in [2.05, 4.69) is 5.10 Å². The number of hydrogen-bond acceptors (Lipinski definition) is 2. The molecule has 1 N–H and O–H groups in total. The van der Waals surface area contributed by atoms with Gasteiger partial charge >= 0.3 is 0 Å². The molecule has 0 aliphatic carbocycles. The Kier molecular flexibility index (Phi) is 2.70. The van der Waals surface area contributed by atoms with E-state index in [-0.39, 0.29) is 12.3 Å². The molecule has 1 aromatic carbocycles. The predicted molar refractivity (Wildman–Crippen MR) is 54.1 cm³/mol. The zero-order valence-electron chi connectivity index (χ0n) is 8.61. The summed E-state index contributed by atoms with van der Waals surface area (Å²) in [5, 5.41) is 12.7. The fourth-order valence-electron chi connectivity index (χ4n) is 1.42. The Bertz CT molecular complexity index is 523. The SMILES string of the molecule is Cc1ccc(F)c(-n2ccc(CO)n2)c1F. The van der Waals surface area contributed by atoms with E-state index in [4.69, 9.17) is 5.11 Å². The zero-order chi connectivity index (χ0) is 11.7. The van der Waals surface area contributed by atoms with Gasteiger partial charge in [0.15, 0.2) is 11.6 Å². The van der Waals surface area contributed by atoms with Crippen LogP contribution in [0.2, 0.25) is 0 Å². The van der Waals surface area contributed by atoms with E-state index in [1.165, 1.54) is 24.4 Å². The minimum absolute atomic E-state index is 0.222. The van der Waals surface area contributed by atoms with Crippen molar-refractivity contribution in [2.75, 3.05) is 0 Å². The van der Waals surface area contributed by atoms with Crippen LogP contribution in [0.4, 0.5) is 8.78 Å². The molecule has 0 atom stereocenters. The molecule has 0 fully saturated rings. The van der Waals surface area contributed by atoms with Crippen LogP contribution in [-0.2, 0) is 6.61 Å². The third-order valence-corrected chi connectivity index (χ3v) is 2.30. The molecule has 5 heteroatoms. The number of aliphatic hydroxyl groups excluding tert-OH is 1. The summed E-state index contributed by atoms with van der Waals surface area (Å²) in [6.45, 7) is 1.29. The summed E-state index contributed by atoms with van der Waals surface area (Å²) in [4.78, 5) is 0. The Morgan fingerprint density at radius 1 is 1.31 bits per heavy atom. The molecule has 1 aromatic heterocycles. The summed E-state index contributed by atoms with van der Waals surface area (Å²) in [6.07, 6.45) is 1.41. The van der Waals surface area contributed by atoms with Gasteiger partial charge in [-0.3, -0.25) is 0 Å². The highest BCUT2D eigenvalue weighted by atomic mass is 19.1. The fourth-order valence-corrected chi connectivity index (χ4v) is 1.42. The minimum Gasteiger partial charge on any atom is -0.390 e. The van der Waals surface area contributed by atoms with E-state index in [9.17, 15) is 8.78 Å². The highest BCUT2D eigenvalue weighted by molar-refractivity contribution is 5.38. The molecule has 2 aromatic rings. The summed E-state index contributed by atoms with van der Waals surface area (Å²) in [5.74, 6) is -1.33. The van der Waals surface area contributed by atoms with Gasteiger partial charge in [-0.25, -0.2) is 13.5 Å². The Balaban J connectivity index is 2.58. The van der Waals surface area contributed by atoms with Crippen molar-refractivity contribution in [3.05, 3.63) is 47.3 Å². The Morgan fingerprint density at radius 3 is 2.69 bits per heavy atom. The van der Waals surface area contributed by atoms with Gasteiger partial charge in [0.05, 0.1) is 12.3 Å². The zero-order valence-corrected chi connectivity index (χ0v) is 8.61. The van der Waals surface area contributed by atoms with Crippen molar-refractivity contribution in [3.63, 3.8) is 0 Å². The van der Waals surface area contributed by atoms with Gasteiger partial charge in [-0.2, -0.15) is 5.10 Å². The second-order valence-electron chi connectivity index (χ2n) is 3.44. The lowest BCUT2D eigenvalue weighted by Gasteiger charge is -2.06. The maximum Gasteiger partial charge on any atom is 0.154 e. The topological polar surface area (TPSA) is 38.0 Å². The molecule has 1 heterocycles. The summed E-state index contributed by atoms with van der Waals surface area (Å²) in [6, 6.07) is 4.06. The Morgan fingerprint density at radius 2 is 2.06 bits per heavy atom. The van der Waals surface area contributed by atoms with Crippen molar-refractivity contribution in [1.82, 2.24) is 9.78 Å². The first-order valence-electron chi connectivity index (χ1n) is 4.74. The largest absolute Gasteiger partial charge is 0.390 e. The number of aryl methyl sites for hydroxylation is 1. The van der Waals surface area contributed by atoms with Gasteiger partial charge in [0.1, 0.15) is 5.69 Å². The van der Waals surface area contributed by atoms with E-state index in [1.807, 2.05) is 0 Å². The minimum atomic E-state index is -0.685. The van der Waals surface area contributed by atoms with Crippen molar-refractivity contribution >= 4 is 0 Å². The molecule has 0 amide bonds. The van der Waals surface area contributed by atoms with Gasteiger partial charge < -0.3 is 5.11 Å². The molecule has 0 bridgehead atoms. The van der Waals surface area contributed by atoms with Crippen LogP contribution in [0.25, 0.3) is 5.69 Å². The third kappa shape index (κ3) is 1.69. The predicted octanol–water partition coefficient (Wildman–Crippen LogP) is 1.95. The monoisotopic (exact) mass is 224 g/mol. The normalized spacial score (nSPS) is 10.8. The molecular formula is C11H10F2N2O. The number of hydrogen-bond donors (Lipinski definition) is 1. The van der Waals surface area contributed by atoms with Gasteiger partial charge in [-0.15, -0.1) is 0 Å². The van der Waals surface area contributed by atoms with E-state index < -0.39 is 11.6 Å². The lowest BCUT2D eigenvalue weighted by Crippen LogP contribution is -2.04. The van der Waals surface area contributed by atoms with Crippen LogP contribution in [0.15, 0.2) is 24.4 Å². The van der Waals surface area contributed by atoms with Crippen LogP contribution in [0.3, 0.4) is 0 Å². The Labute approximate surface area is 91.0 Å². The maximum absolute atomic E-state index is 13.7. The molecule has 0 saturated carbocycles. The highest BCUT2D eigenvalue weighted by Crippen LogP contribution is 2.20. The number of benzene rings is 1. The lowest BCUT2D eigenvalue weighted by atomic mass is 10.2.